The second-order valence-electron chi connectivity index (χ2n) is 4.18. The summed E-state index contributed by atoms with van der Waals surface area (Å²) in [5, 5.41) is 10.0. The largest absolute Gasteiger partial charge is 0.392 e. The SMILES string of the molecule is CCn1ccnc1CC(O)Cc1ccccc1. The van der Waals surface area contributed by atoms with Gasteiger partial charge in [-0.15, -0.1) is 0 Å². The maximum atomic E-state index is 10.0. The predicted octanol–water partition coefficient (Wildman–Crippen LogP) is 2.05. The summed E-state index contributed by atoms with van der Waals surface area (Å²) in [5.41, 5.74) is 1.16. The highest BCUT2D eigenvalue weighted by Gasteiger charge is 2.10. The molecule has 90 valence electrons. The fourth-order valence-electron chi connectivity index (χ4n) is 1.99. The average molecular weight is 230 g/mol. The number of benzene rings is 1. The number of imidazole rings is 1. The summed E-state index contributed by atoms with van der Waals surface area (Å²) >= 11 is 0. The van der Waals surface area contributed by atoms with Crippen molar-refractivity contribution in [3.63, 3.8) is 0 Å². The summed E-state index contributed by atoms with van der Waals surface area (Å²) in [6.45, 7) is 2.97. The lowest BCUT2D eigenvalue weighted by Crippen LogP contribution is -2.17. The molecular formula is C14H18N2O. The van der Waals surface area contributed by atoms with Gasteiger partial charge in [0, 0.05) is 25.4 Å². The lowest BCUT2D eigenvalue weighted by molar-refractivity contribution is 0.171. The second-order valence-corrected chi connectivity index (χ2v) is 4.18. The highest BCUT2D eigenvalue weighted by Crippen LogP contribution is 2.08. The first-order chi connectivity index (χ1) is 8.29. The molecule has 0 amide bonds. The lowest BCUT2D eigenvalue weighted by atomic mass is 10.1. The lowest BCUT2D eigenvalue weighted by Gasteiger charge is -2.11. The number of aryl methyl sites for hydroxylation is 1. The Morgan fingerprint density at radius 3 is 2.71 bits per heavy atom. The Morgan fingerprint density at radius 1 is 1.24 bits per heavy atom. The predicted molar refractivity (Wildman–Crippen MR) is 67.8 cm³/mol. The van der Waals surface area contributed by atoms with Crippen LogP contribution in [0.2, 0.25) is 0 Å². The Balaban J connectivity index is 1.96. The van der Waals surface area contributed by atoms with Crippen molar-refractivity contribution in [2.45, 2.75) is 32.4 Å². The van der Waals surface area contributed by atoms with Crippen LogP contribution in [0.5, 0.6) is 0 Å². The van der Waals surface area contributed by atoms with Gasteiger partial charge in [0.1, 0.15) is 5.82 Å². The second kappa shape index (κ2) is 5.64. The molecule has 0 aliphatic carbocycles. The van der Waals surface area contributed by atoms with E-state index in [0.29, 0.717) is 12.8 Å². The minimum atomic E-state index is -0.370. The van der Waals surface area contributed by atoms with Gasteiger partial charge in [-0.2, -0.15) is 0 Å². The van der Waals surface area contributed by atoms with Gasteiger partial charge in [0.05, 0.1) is 6.10 Å². The monoisotopic (exact) mass is 230 g/mol. The summed E-state index contributed by atoms with van der Waals surface area (Å²) in [6.07, 6.45) is 4.65. The summed E-state index contributed by atoms with van der Waals surface area (Å²) in [7, 11) is 0. The summed E-state index contributed by atoms with van der Waals surface area (Å²) in [4.78, 5) is 4.27. The van der Waals surface area contributed by atoms with Crippen LogP contribution in [0.15, 0.2) is 42.7 Å². The topological polar surface area (TPSA) is 38.0 Å². The van der Waals surface area contributed by atoms with Crippen LogP contribution in [0.1, 0.15) is 18.3 Å². The van der Waals surface area contributed by atoms with Crippen LogP contribution in [0.3, 0.4) is 0 Å². The molecular weight excluding hydrogens is 212 g/mol. The number of rotatable bonds is 5. The van der Waals surface area contributed by atoms with E-state index in [2.05, 4.69) is 16.5 Å². The number of hydrogen-bond acceptors (Lipinski definition) is 2. The molecule has 0 radical (unpaired) electrons. The number of nitrogens with zero attached hydrogens (tertiary/aromatic N) is 2. The van der Waals surface area contributed by atoms with Crippen LogP contribution in [0, 0.1) is 0 Å². The molecule has 3 heteroatoms. The highest BCUT2D eigenvalue weighted by molar-refractivity contribution is 5.15. The van der Waals surface area contributed by atoms with E-state index in [0.717, 1.165) is 17.9 Å². The Kier molecular flexibility index (Phi) is 3.94. The molecule has 1 aromatic carbocycles. The molecule has 0 spiro atoms. The number of aliphatic hydroxyl groups is 1. The molecule has 0 saturated carbocycles. The molecule has 17 heavy (non-hydrogen) atoms. The van der Waals surface area contributed by atoms with Crippen molar-refractivity contribution < 1.29 is 5.11 Å². The first kappa shape index (κ1) is 11.9. The van der Waals surface area contributed by atoms with E-state index >= 15 is 0 Å². The maximum absolute atomic E-state index is 10.0. The van der Waals surface area contributed by atoms with Gasteiger partial charge in [0.25, 0.3) is 0 Å². The zero-order valence-corrected chi connectivity index (χ0v) is 10.1. The number of aliphatic hydroxyl groups excluding tert-OH is 1. The van der Waals surface area contributed by atoms with Gasteiger partial charge in [-0.1, -0.05) is 30.3 Å². The van der Waals surface area contributed by atoms with Crippen molar-refractivity contribution >= 4 is 0 Å². The van der Waals surface area contributed by atoms with Crippen LogP contribution in [-0.4, -0.2) is 20.8 Å². The molecule has 0 saturated heterocycles. The third kappa shape index (κ3) is 3.17. The molecule has 2 rings (SSSR count). The molecule has 1 N–H and O–H groups in total. The van der Waals surface area contributed by atoms with Gasteiger partial charge in [0.15, 0.2) is 0 Å². The van der Waals surface area contributed by atoms with E-state index in [1.807, 2.05) is 36.5 Å². The molecule has 0 fully saturated rings. The van der Waals surface area contributed by atoms with Crippen LogP contribution in [0.4, 0.5) is 0 Å². The minimum absolute atomic E-state index is 0.370. The molecule has 3 nitrogen and oxygen atoms in total. The number of aromatic nitrogens is 2. The van der Waals surface area contributed by atoms with Crippen LogP contribution >= 0.6 is 0 Å². The fourth-order valence-corrected chi connectivity index (χ4v) is 1.99. The standard InChI is InChI=1S/C14H18N2O/c1-2-16-9-8-15-14(16)11-13(17)10-12-6-4-3-5-7-12/h3-9,13,17H,2,10-11H2,1H3. The van der Waals surface area contributed by atoms with Gasteiger partial charge >= 0.3 is 0 Å². The zero-order chi connectivity index (χ0) is 12.1. The van der Waals surface area contributed by atoms with Crippen molar-refractivity contribution in [3.8, 4) is 0 Å². The molecule has 2 aromatic rings. The van der Waals surface area contributed by atoms with Crippen molar-refractivity contribution in [3.05, 3.63) is 54.1 Å². The minimum Gasteiger partial charge on any atom is -0.392 e. The normalized spacial score (nSPS) is 12.6. The molecule has 1 atom stereocenters. The van der Waals surface area contributed by atoms with Gasteiger partial charge in [-0.05, 0) is 18.9 Å². The third-order valence-corrected chi connectivity index (χ3v) is 2.87. The Hall–Kier alpha value is -1.61. The van der Waals surface area contributed by atoms with Crippen molar-refractivity contribution in [2.24, 2.45) is 0 Å². The van der Waals surface area contributed by atoms with Crippen LogP contribution < -0.4 is 0 Å². The third-order valence-electron chi connectivity index (χ3n) is 2.87. The van der Waals surface area contributed by atoms with Gasteiger partial charge in [0.2, 0.25) is 0 Å². The first-order valence-corrected chi connectivity index (χ1v) is 6.01. The van der Waals surface area contributed by atoms with Gasteiger partial charge in [-0.3, -0.25) is 0 Å². The average Bonchev–Trinajstić information content (AvgIpc) is 2.77. The van der Waals surface area contributed by atoms with Crippen molar-refractivity contribution in [1.82, 2.24) is 9.55 Å². The molecule has 1 unspecified atom stereocenters. The van der Waals surface area contributed by atoms with Crippen LogP contribution in [-0.2, 0) is 19.4 Å². The number of hydrogen-bond donors (Lipinski definition) is 1. The quantitative estimate of drug-likeness (QED) is 0.853. The molecule has 1 heterocycles. The summed E-state index contributed by atoms with van der Waals surface area (Å²) in [6, 6.07) is 10.1. The van der Waals surface area contributed by atoms with E-state index in [9.17, 15) is 5.11 Å². The Labute approximate surface area is 102 Å². The van der Waals surface area contributed by atoms with E-state index in [4.69, 9.17) is 0 Å². The van der Waals surface area contributed by atoms with Crippen molar-refractivity contribution in [2.75, 3.05) is 0 Å². The van der Waals surface area contributed by atoms with E-state index < -0.39 is 0 Å². The van der Waals surface area contributed by atoms with E-state index in [1.165, 1.54) is 0 Å². The molecule has 0 aliphatic heterocycles. The van der Waals surface area contributed by atoms with Gasteiger partial charge < -0.3 is 9.67 Å². The Morgan fingerprint density at radius 2 is 2.00 bits per heavy atom. The smallest absolute Gasteiger partial charge is 0.111 e. The van der Waals surface area contributed by atoms with E-state index in [1.54, 1.807) is 6.20 Å². The zero-order valence-electron chi connectivity index (χ0n) is 10.1. The highest BCUT2D eigenvalue weighted by atomic mass is 16.3. The van der Waals surface area contributed by atoms with E-state index in [-0.39, 0.29) is 6.10 Å². The van der Waals surface area contributed by atoms with Gasteiger partial charge in [-0.25, -0.2) is 4.98 Å². The first-order valence-electron chi connectivity index (χ1n) is 6.01. The molecule has 0 bridgehead atoms. The maximum Gasteiger partial charge on any atom is 0.111 e. The fraction of sp³-hybridized carbons (Fsp3) is 0.357. The van der Waals surface area contributed by atoms with Crippen LogP contribution in [0.25, 0.3) is 0 Å². The molecule has 0 aliphatic rings. The summed E-state index contributed by atoms with van der Waals surface area (Å²) < 4.78 is 2.06. The van der Waals surface area contributed by atoms with Crippen molar-refractivity contribution in [1.29, 1.82) is 0 Å². The molecule has 1 aromatic heterocycles. The Bertz CT molecular complexity index is 450. The summed E-state index contributed by atoms with van der Waals surface area (Å²) in [5.74, 6) is 0.955.